The smallest absolute Gasteiger partial charge is 0.0638 e. The minimum Gasteiger partial charge on any atom is -0.255 e. The second-order valence-electron chi connectivity index (χ2n) is 7.01. The van der Waals surface area contributed by atoms with Gasteiger partial charge in [0.25, 0.3) is 0 Å². The molecule has 0 atom stereocenters. The molecule has 0 saturated heterocycles. The number of aliphatic imine (C=N–C) groups is 2. The van der Waals surface area contributed by atoms with Crippen molar-refractivity contribution in [1.29, 1.82) is 0 Å². The molecule has 2 nitrogen and oxygen atoms in total. The topological polar surface area (TPSA) is 24.7 Å². The van der Waals surface area contributed by atoms with Crippen molar-refractivity contribution in [3.63, 3.8) is 0 Å². The van der Waals surface area contributed by atoms with Gasteiger partial charge in [-0.25, -0.2) is 0 Å². The van der Waals surface area contributed by atoms with Gasteiger partial charge in [-0.2, -0.15) is 0 Å². The molecule has 2 rings (SSSR count). The van der Waals surface area contributed by atoms with Gasteiger partial charge in [0.05, 0.1) is 17.1 Å². The first-order valence-corrected chi connectivity index (χ1v) is 9.24. The Balaban J connectivity index is 2.28. The lowest BCUT2D eigenvalue weighted by molar-refractivity contribution is 0.744. The lowest BCUT2D eigenvalue weighted by Crippen LogP contribution is -2.00. The molecule has 0 N–H and O–H groups in total. The van der Waals surface area contributed by atoms with Crippen molar-refractivity contribution in [2.75, 3.05) is 0 Å². The molecule has 25 heavy (non-hydrogen) atoms. The van der Waals surface area contributed by atoms with E-state index in [1.54, 1.807) is 0 Å². The Bertz CT molecular complexity index is 729. The van der Waals surface area contributed by atoms with Crippen LogP contribution in [0, 0.1) is 27.7 Å². The van der Waals surface area contributed by atoms with Gasteiger partial charge in [-0.05, 0) is 87.1 Å². The minimum atomic E-state index is 0.967. The van der Waals surface area contributed by atoms with Crippen molar-refractivity contribution >= 4 is 23.3 Å². The van der Waals surface area contributed by atoms with Crippen LogP contribution in [0.1, 0.15) is 54.9 Å². The Kier molecular flexibility index (Phi) is 7.12. The highest BCUT2D eigenvalue weighted by Gasteiger charge is 2.01. The maximum absolute atomic E-state index is 4.88. The van der Waals surface area contributed by atoms with Crippen LogP contribution in [0.15, 0.2) is 46.4 Å². The number of hydrogen-bond acceptors (Lipinski definition) is 2. The lowest BCUT2D eigenvalue weighted by Gasteiger charge is -2.05. The molecule has 0 fully saturated rings. The van der Waals surface area contributed by atoms with Crippen LogP contribution in [0.3, 0.4) is 0 Å². The summed E-state index contributed by atoms with van der Waals surface area (Å²) in [5.41, 5.74) is 8.06. The summed E-state index contributed by atoms with van der Waals surface area (Å²) >= 11 is 0. The van der Waals surface area contributed by atoms with Gasteiger partial charge >= 0.3 is 0 Å². The summed E-state index contributed by atoms with van der Waals surface area (Å²) in [6.07, 6.45) is 6.50. The highest BCUT2D eigenvalue weighted by Crippen LogP contribution is 2.19. The van der Waals surface area contributed by atoms with Gasteiger partial charge in [-0.1, -0.05) is 31.9 Å². The average molecular weight is 335 g/mol. The Morgan fingerprint density at radius 2 is 1.28 bits per heavy atom. The normalized spacial score (nSPS) is 12.1. The molecule has 0 heterocycles. The fourth-order valence-corrected chi connectivity index (χ4v) is 3.06. The van der Waals surface area contributed by atoms with Crippen molar-refractivity contribution in [2.24, 2.45) is 9.98 Å². The Labute approximate surface area is 152 Å². The van der Waals surface area contributed by atoms with Crippen LogP contribution in [0.4, 0.5) is 11.4 Å². The molecule has 2 heteroatoms. The molecule has 0 aliphatic rings. The molecule has 0 unspecified atom stereocenters. The fourth-order valence-electron chi connectivity index (χ4n) is 3.06. The lowest BCUT2D eigenvalue weighted by atomic mass is 10.1. The minimum absolute atomic E-state index is 0.967. The molecular weight excluding hydrogens is 304 g/mol. The highest BCUT2D eigenvalue weighted by atomic mass is 14.8. The largest absolute Gasteiger partial charge is 0.255 e. The quantitative estimate of drug-likeness (QED) is 0.385. The molecule has 0 aliphatic carbocycles. The van der Waals surface area contributed by atoms with Crippen molar-refractivity contribution in [3.05, 3.63) is 58.7 Å². The predicted molar refractivity (Wildman–Crippen MR) is 111 cm³/mol. The SMILES string of the molecule is CCCCCC(C=Nc1cc(C)cc(C)c1)=Nc1cc(C)cc(C)c1. The monoisotopic (exact) mass is 334 g/mol. The van der Waals surface area contributed by atoms with E-state index in [1.807, 2.05) is 6.21 Å². The third-order valence-electron chi connectivity index (χ3n) is 4.08. The van der Waals surface area contributed by atoms with Crippen LogP contribution in [0.2, 0.25) is 0 Å². The van der Waals surface area contributed by atoms with Crippen LogP contribution in [-0.4, -0.2) is 11.9 Å². The molecule has 0 saturated carbocycles. The van der Waals surface area contributed by atoms with Crippen molar-refractivity contribution in [3.8, 4) is 0 Å². The maximum atomic E-state index is 4.88. The maximum Gasteiger partial charge on any atom is 0.0638 e. The van der Waals surface area contributed by atoms with E-state index in [9.17, 15) is 0 Å². The molecule has 132 valence electrons. The standard InChI is InChI=1S/C23H30N2/c1-6-7-8-9-21(25-23-14-19(4)11-20(5)15-23)16-24-22-12-17(2)10-18(3)13-22/h10-16H,6-9H2,1-5H3. The summed E-state index contributed by atoms with van der Waals surface area (Å²) in [5.74, 6) is 0. The van der Waals surface area contributed by atoms with Crippen LogP contribution >= 0.6 is 0 Å². The Morgan fingerprint density at radius 1 is 0.760 bits per heavy atom. The van der Waals surface area contributed by atoms with Gasteiger partial charge in [-0.15, -0.1) is 0 Å². The summed E-state index contributed by atoms with van der Waals surface area (Å²) < 4.78 is 0. The second kappa shape index (κ2) is 9.31. The van der Waals surface area contributed by atoms with Crippen molar-refractivity contribution in [2.45, 2.75) is 60.3 Å². The zero-order chi connectivity index (χ0) is 18.2. The van der Waals surface area contributed by atoms with Gasteiger partial charge in [0.2, 0.25) is 0 Å². The van der Waals surface area contributed by atoms with Crippen molar-refractivity contribution in [1.82, 2.24) is 0 Å². The summed E-state index contributed by atoms with van der Waals surface area (Å²) in [4.78, 5) is 9.57. The molecule has 0 aromatic heterocycles. The van der Waals surface area contributed by atoms with E-state index in [0.717, 1.165) is 29.9 Å². The van der Waals surface area contributed by atoms with Gasteiger partial charge in [0.1, 0.15) is 0 Å². The van der Waals surface area contributed by atoms with Gasteiger partial charge < -0.3 is 0 Å². The molecule has 0 aliphatic heterocycles. The number of aryl methyl sites for hydroxylation is 4. The summed E-state index contributed by atoms with van der Waals surface area (Å²) in [6, 6.07) is 12.9. The summed E-state index contributed by atoms with van der Waals surface area (Å²) in [7, 11) is 0. The van der Waals surface area contributed by atoms with E-state index < -0.39 is 0 Å². The average Bonchev–Trinajstić information content (AvgIpc) is 2.50. The third-order valence-corrected chi connectivity index (χ3v) is 4.08. The Morgan fingerprint density at radius 3 is 1.80 bits per heavy atom. The fraction of sp³-hybridized carbons (Fsp3) is 0.391. The van der Waals surface area contributed by atoms with E-state index in [1.165, 1.54) is 35.1 Å². The number of unbranched alkanes of at least 4 members (excludes halogenated alkanes) is 2. The van der Waals surface area contributed by atoms with Crippen LogP contribution < -0.4 is 0 Å². The molecule has 2 aromatic rings. The first kappa shape index (κ1) is 19.1. The first-order chi connectivity index (χ1) is 12.0. The Hall–Kier alpha value is -2.22. The number of rotatable bonds is 7. The third kappa shape index (κ3) is 6.66. The summed E-state index contributed by atoms with van der Waals surface area (Å²) in [5, 5.41) is 0. The highest BCUT2D eigenvalue weighted by molar-refractivity contribution is 6.31. The zero-order valence-corrected chi connectivity index (χ0v) is 16.3. The second-order valence-corrected chi connectivity index (χ2v) is 7.01. The van der Waals surface area contributed by atoms with E-state index in [4.69, 9.17) is 9.98 Å². The number of hydrogen-bond donors (Lipinski definition) is 0. The summed E-state index contributed by atoms with van der Waals surface area (Å²) in [6.45, 7) is 10.7. The molecule has 0 bridgehead atoms. The van der Waals surface area contributed by atoms with Crippen LogP contribution in [0.5, 0.6) is 0 Å². The van der Waals surface area contributed by atoms with E-state index in [0.29, 0.717) is 0 Å². The molecule has 0 amide bonds. The van der Waals surface area contributed by atoms with Crippen molar-refractivity contribution < 1.29 is 0 Å². The van der Waals surface area contributed by atoms with E-state index >= 15 is 0 Å². The molecule has 0 spiro atoms. The van der Waals surface area contributed by atoms with Gasteiger partial charge in [0, 0.05) is 6.21 Å². The molecular formula is C23H30N2. The molecule has 0 radical (unpaired) electrons. The van der Waals surface area contributed by atoms with Gasteiger partial charge in [0.15, 0.2) is 0 Å². The first-order valence-electron chi connectivity index (χ1n) is 9.24. The number of benzene rings is 2. The number of nitrogens with zero attached hydrogens (tertiary/aromatic N) is 2. The van der Waals surface area contributed by atoms with Gasteiger partial charge in [-0.3, -0.25) is 9.98 Å². The predicted octanol–water partition coefficient (Wildman–Crippen LogP) is 6.98. The molecule has 2 aromatic carbocycles. The van der Waals surface area contributed by atoms with E-state index in [-0.39, 0.29) is 0 Å². The van der Waals surface area contributed by atoms with E-state index in [2.05, 4.69) is 71.0 Å². The zero-order valence-electron chi connectivity index (χ0n) is 16.3. The van der Waals surface area contributed by atoms with Crippen LogP contribution in [0.25, 0.3) is 0 Å². The van der Waals surface area contributed by atoms with Crippen LogP contribution in [-0.2, 0) is 0 Å².